The number of hydrogen-bond donors (Lipinski definition) is 1. The van der Waals surface area contributed by atoms with Crippen LogP contribution in [0, 0.1) is 11.7 Å². The van der Waals surface area contributed by atoms with E-state index in [2.05, 4.69) is 22.5 Å². The van der Waals surface area contributed by atoms with Crippen molar-refractivity contribution < 1.29 is 4.39 Å². The van der Waals surface area contributed by atoms with Crippen LogP contribution in [0.4, 0.5) is 4.39 Å². The van der Waals surface area contributed by atoms with E-state index in [1.165, 1.54) is 11.8 Å². The molecule has 2 aliphatic rings. The molecule has 1 fully saturated rings. The van der Waals surface area contributed by atoms with Crippen molar-refractivity contribution in [3.8, 4) is 0 Å². The topological polar surface area (TPSA) is 27.6 Å². The lowest BCUT2D eigenvalue weighted by Gasteiger charge is -2.30. The maximum atomic E-state index is 13.8. The molecule has 17 heavy (non-hydrogen) atoms. The third-order valence-electron chi connectivity index (χ3n) is 3.68. The number of halogens is 1. The number of nitrogens with zero attached hydrogens (tertiary/aromatic N) is 2. The molecule has 0 saturated carbocycles. The van der Waals surface area contributed by atoms with E-state index in [1.807, 2.05) is 12.1 Å². The summed E-state index contributed by atoms with van der Waals surface area (Å²) in [6.45, 7) is 1.99. The molecule has 3 rings (SSSR count). The van der Waals surface area contributed by atoms with Gasteiger partial charge in [-0.3, -0.25) is 0 Å². The van der Waals surface area contributed by atoms with Crippen molar-refractivity contribution in [1.82, 2.24) is 10.3 Å². The zero-order valence-electron chi connectivity index (χ0n) is 9.86. The fourth-order valence-corrected chi connectivity index (χ4v) is 2.72. The van der Waals surface area contributed by atoms with E-state index in [0.29, 0.717) is 5.92 Å². The Bertz CT molecular complexity index is 458. The molecule has 1 aromatic carbocycles. The molecular formula is C13H16FN3. The highest BCUT2D eigenvalue weighted by atomic mass is 19.1. The van der Waals surface area contributed by atoms with Crippen LogP contribution in [-0.2, 0) is 0 Å². The molecule has 0 aliphatic carbocycles. The first-order valence-electron chi connectivity index (χ1n) is 6.00. The van der Waals surface area contributed by atoms with E-state index in [4.69, 9.17) is 0 Å². The van der Waals surface area contributed by atoms with Gasteiger partial charge in [0.05, 0.1) is 6.04 Å². The average molecular weight is 233 g/mol. The minimum absolute atomic E-state index is 0.00560. The number of hydrogen-bond acceptors (Lipinski definition) is 3. The molecule has 3 nitrogen and oxygen atoms in total. The predicted molar refractivity (Wildman–Crippen MR) is 65.3 cm³/mol. The van der Waals surface area contributed by atoms with Crippen LogP contribution in [0.5, 0.6) is 0 Å². The van der Waals surface area contributed by atoms with Gasteiger partial charge in [-0.2, -0.15) is 5.10 Å². The summed E-state index contributed by atoms with van der Waals surface area (Å²) in [6, 6.07) is 6.96. The summed E-state index contributed by atoms with van der Waals surface area (Å²) in [4.78, 5) is 2.28. The number of likely N-dealkylation sites (tertiary alicyclic amines) is 1. The van der Waals surface area contributed by atoms with Gasteiger partial charge in [0.15, 0.2) is 0 Å². The summed E-state index contributed by atoms with van der Waals surface area (Å²) in [6.07, 6.45) is 0.985. The predicted octanol–water partition coefficient (Wildman–Crippen LogP) is 1.78. The lowest BCUT2D eigenvalue weighted by Crippen LogP contribution is -2.40. The average Bonchev–Trinajstić information content (AvgIpc) is 2.72. The Morgan fingerprint density at radius 3 is 3.06 bits per heavy atom. The van der Waals surface area contributed by atoms with Gasteiger partial charge in [-0.05, 0) is 13.1 Å². The summed E-state index contributed by atoms with van der Waals surface area (Å²) in [5.41, 5.74) is 5.02. The minimum atomic E-state index is -0.144. The molecule has 0 amide bonds. The Labute approximate surface area is 100 Å². The quantitative estimate of drug-likeness (QED) is 0.800. The maximum absolute atomic E-state index is 13.8. The van der Waals surface area contributed by atoms with Crippen molar-refractivity contribution in [3.05, 3.63) is 35.6 Å². The highest BCUT2D eigenvalue weighted by Crippen LogP contribution is 2.32. The summed E-state index contributed by atoms with van der Waals surface area (Å²) in [5.74, 6) is 0.167. The Kier molecular flexibility index (Phi) is 2.59. The van der Waals surface area contributed by atoms with Crippen LogP contribution in [0.3, 0.4) is 0 Å². The zero-order valence-corrected chi connectivity index (χ0v) is 9.86. The summed E-state index contributed by atoms with van der Waals surface area (Å²) < 4.78 is 13.8. The molecule has 2 unspecified atom stereocenters. The first-order chi connectivity index (χ1) is 8.25. The second-order valence-electron chi connectivity index (χ2n) is 4.85. The first kappa shape index (κ1) is 10.7. The Balaban J connectivity index is 1.89. The van der Waals surface area contributed by atoms with Crippen LogP contribution in [-0.4, -0.2) is 30.7 Å². The van der Waals surface area contributed by atoms with Crippen molar-refractivity contribution >= 4 is 5.71 Å². The SMILES string of the molecule is CN1CCC2=NNC(c3ccccc3F)C2C1. The van der Waals surface area contributed by atoms with Crippen LogP contribution in [0.1, 0.15) is 18.0 Å². The van der Waals surface area contributed by atoms with Gasteiger partial charge in [-0.1, -0.05) is 18.2 Å². The second-order valence-corrected chi connectivity index (χ2v) is 4.85. The fourth-order valence-electron chi connectivity index (χ4n) is 2.72. The number of hydrazone groups is 1. The molecule has 1 N–H and O–H groups in total. The van der Waals surface area contributed by atoms with Gasteiger partial charge in [0, 0.05) is 36.7 Å². The van der Waals surface area contributed by atoms with E-state index >= 15 is 0 Å². The van der Waals surface area contributed by atoms with Crippen molar-refractivity contribution in [2.24, 2.45) is 11.0 Å². The Morgan fingerprint density at radius 2 is 2.24 bits per heavy atom. The van der Waals surface area contributed by atoms with Crippen molar-refractivity contribution in [2.75, 3.05) is 20.1 Å². The van der Waals surface area contributed by atoms with E-state index in [0.717, 1.165) is 25.1 Å². The molecular weight excluding hydrogens is 217 g/mol. The van der Waals surface area contributed by atoms with E-state index in [1.54, 1.807) is 6.07 Å². The lowest BCUT2D eigenvalue weighted by molar-refractivity contribution is 0.271. The van der Waals surface area contributed by atoms with Gasteiger partial charge in [0.2, 0.25) is 0 Å². The smallest absolute Gasteiger partial charge is 0.128 e. The number of nitrogens with one attached hydrogen (secondary N) is 1. The van der Waals surface area contributed by atoms with E-state index < -0.39 is 0 Å². The zero-order chi connectivity index (χ0) is 11.8. The van der Waals surface area contributed by atoms with Crippen molar-refractivity contribution in [2.45, 2.75) is 12.5 Å². The highest BCUT2D eigenvalue weighted by Gasteiger charge is 2.36. The summed E-state index contributed by atoms with van der Waals surface area (Å²) in [5, 5.41) is 4.36. The first-order valence-corrected chi connectivity index (χ1v) is 6.00. The van der Waals surface area contributed by atoms with Crippen LogP contribution in [0.15, 0.2) is 29.4 Å². The highest BCUT2D eigenvalue weighted by molar-refractivity contribution is 5.89. The summed E-state index contributed by atoms with van der Waals surface area (Å²) >= 11 is 0. The van der Waals surface area contributed by atoms with Crippen LogP contribution in [0.25, 0.3) is 0 Å². The standard InChI is InChI=1S/C13H16FN3/c1-17-7-6-12-10(8-17)13(16-15-12)9-4-2-3-5-11(9)14/h2-5,10,13,16H,6-8H2,1H3. The normalized spacial score (nSPS) is 28.5. The lowest BCUT2D eigenvalue weighted by atomic mass is 9.86. The molecule has 2 aliphatic heterocycles. The van der Waals surface area contributed by atoms with Gasteiger partial charge >= 0.3 is 0 Å². The molecule has 1 aromatic rings. The van der Waals surface area contributed by atoms with Crippen molar-refractivity contribution in [1.29, 1.82) is 0 Å². The molecule has 2 heterocycles. The van der Waals surface area contributed by atoms with Gasteiger partial charge < -0.3 is 10.3 Å². The number of piperidine rings is 1. The molecule has 90 valence electrons. The van der Waals surface area contributed by atoms with Gasteiger partial charge in [0.1, 0.15) is 5.82 Å². The number of fused-ring (bicyclic) bond motifs is 1. The molecule has 0 spiro atoms. The van der Waals surface area contributed by atoms with Gasteiger partial charge in [-0.25, -0.2) is 4.39 Å². The monoisotopic (exact) mass is 233 g/mol. The fraction of sp³-hybridized carbons (Fsp3) is 0.462. The number of benzene rings is 1. The third kappa shape index (κ3) is 1.82. The molecule has 0 bridgehead atoms. The van der Waals surface area contributed by atoms with Gasteiger partial charge in [-0.15, -0.1) is 0 Å². The van der Waals surface area contributed by atoms with Crippen LogP contribution < -0.4 is 5.43 Å². The molecule has 1 saturated heterocycles. The Morgan fingerprint density at radius 1 is 1.41 bits per heavy atom. The van der Waals surface area contributed by atoms with E-state index in [9.17, 15) is 4.39 Å². The second kappa shape index (κ2) is 4.11. The van der Waals surface area contributed by atoms with Crippen molar-refractivity contribution in [3.63, 3.8) is 0 Å². The molecule has 0 radical (unpaired) electrons. The minimum Gasteiger partial charge on any atom is -0.305 e. The Hall–Kier alpha value is -1.42. The third-order valence-corrected chi connectivity index (χ3v) is 3.68. The van der Waals surface area contributed by atoms with Crippen LogP contribution in [0.2, 0.25) is 0 Å². The summed E-state index contributed by atoms with van der Waals surface area (Å²) in [7, 11) is 2.10. The molecule has 2 atom stereocenters. The van der Waals surface area contributed by atoms with Crippen LogP contribution >= 0.6 is 0 Å². The number of rotatable bonds is 1. The molecule has 0 aromatic heterocycles. The van der Waals surface area contributed by atoms with Gasteiger partial charge in [0.25, 0.3) is 0 Å². The molecule has 4 heteroatoms. The maximum Gasteiger partial charge on any atom is 0.128 e. The van der Waals surface area contributed by atoms with E-state index in [-0.39, 0.29) is 11.9 Å². The largest absolute Gasteiger partial charge is 0.305 e.